The van der Waals surface area contributed by atoms with Crippen molar-refractivity contribution in [1.82, 2.24) is 14.8 Å². The molecule has 0 fully saturated rings. The average molecular weight is 243 g/mol. The summed E-state index contributed by atoms with van der Waals surface area (Å²) in [5.41, 5.74) is 0. The first-order valence-corrected chi connectivity index (χ1v) is 5.32. The van der Waals surface area contributed by atoms with Crippen molar-refractivity contribution in [3.05, 3.63) is 11.6 Å². The summed E-state index contributed by atoms with van der Waals surface area (Å²) >= 11 is 0. The largest absolute Gasteiger partial charge is 0.460 e. The van der Waals surface area contributed by atoms with Gasteiger partial charge in [-0.2, -0.15) is 0 Å². The number of nitrogens with zero attached hydrogens (tertiary/aromatic N) is 3. The van der Waals surface area contributed by atoms with Crippen molar-refractivity contribution in [2.24, 2.45) is 7.05 Å². The van der Waals surface area contributed by atoms with Crippen LogP contribution in [0.2, 0.25) is 0 Å². The van der Waals surface area contributed by atoms with Gasteiger partial charge in [-0.15, -0.1) is 5.10 Å². The van der Waals surface area contributed by atoms with Crippen LogP contribution >= 0.6 is 0 Å². The Morgan fingerprint density at radius 1 is 1.41 bits per heavy atom. The van der Waals surface area contributed by atoms with Crippen LogP contribution in [0.5, 0.6) is 0 Å². The molecular weight excluding hydrogens is 226 g/mol. The summed E-state index contributed by atoms with van der Waals surface area (Å²) in [6, 6.07) is 0. The Labute approximate surface area is 99.7 Å². The second kappa shape index (κ2) is 6.97. The highest BCUT2D eigenvalue weighted by Gasteiger charge is 2.15. The molecule has 1 rings (SSSR count). The van der Waals surface area contributed by atoms with Crippen LogP contribution in [0.1, 0.15) is 23.4 Å². The fraction of sp³-hybridized carbons (Fsp3) is 0.700. The van der Waals surface area contributed by atoms with Crippen LogP contribution in [0, 0.1) is 0 Å². The average Bonchev–Trinajstić information content (AvgIpc) is 2.67. The van der Waals surface area contributed by atoms with Gasteiger partial charge < -0.3 is 14.2 Å². The lowest BCUT2D eigenvalue weighted by Gasteiger charge is -2.01. The second-order valence-corrected chi connectivity index (χ2v) is 3.24. The van der Waals surface area contributed by atoms with Crippen LogP contribution in [0.3, 0.4) is 0 Å². The van der Waals surface area contributed by atoms with Crippen LogP contribution in [0.4, 0.5) is 0 Å². The number of carbonyl (C=O) groups excluding carboxylic acids is 1. The summed E-state index contributed by atoms with van der Waals surface area (Å²) in [6.07, 6.45) is 0. The molecule has 1 aromatic rings. The lowest BCUT2D eigenvalue weighted by molar-refractivity contribution is 0.0509. The quantitative estimate of drug-likeness (QED) is 0.501. The smallest absolute Gasteiger partial charge is 0.378 e. The zero-order valence-electron chi connectivity index (χ0n) is 10.3. The Morgan fingerprint density at radius 3 is 2.82 bits per heavy atom. The van der Waals surface area contributed by atoms with E-state index in [4.69, 9.17) is 14.2 Å². The van der Waals surface area contributed by atoms with Gasteiger partial charge in [0.25, 0.3) is 5.82 Å². The van der Waals surface area contributed by atoms with Crippen molar-refractivity contribution in [2.45, 2.75) is 13.5 Å². The third kappa shape index (κ3) is 4.12. The minimum Gasteiger partial charge on any atom is -0.460 e. The molecule has 0 aliphatic carbocycles. The Balaban J connectivity index is 2.53. The summed E-state index contributed by atoms with van der Waals surface area (Å²) in [4.78, 5) is 15.4. The molecule has 0 saturated heterocycles. The first kappa shape index (κ1) is 13.6. The third-order valence-corrected chi connectivity index (χ3v) is 1.97. The maximum absolute atomic E-state index is 11.4. The Kier molecular flexibility index (Phi) is 5.58. The molecule has 0 saturated carbocycles. The lowest BCUT2D eigenvalue weighted by Crippen LogP contribution is -2.07. The molecule has 0 aliphatic heterocycles. The fourth-order valence-electron chi connectivity index (χ4n) is 1.13. The van der Waals surface area contributed by atoms with Crippen molar-refractivity contribution in [2.75, 3.05) is 26.9 Å². The van der Waals surface area contributed by atoms with E-state index in [-0.39, 0.29) is 12.4 Å². The number of aryl methyl sites for hydroxylation is 1. The molecule has 0 N–H and O–H groups in total. The number of ether oxygens (including phenoxy) is 3. The third-order valence-electron chi connectivity index (χ3n) is 1.97. The molecule has 96 valence electrons. The number of esters is 1. The Bertz CT molecular complexity index is 364. The van der Waals surface area contributed by atoms with Gasteiger partial charge >= 0.3 is 5.97 Å². The monoisotopic (exact) mass is 243 g/mol. The lowest BCUT2D eigenvalue weighted by atomic mass is 10.6. The predicted molar refractivity (Wildman–Crippen MR) is 58.5 cm³/mol. The van der Waals surface area contributed by atoms with Crippen LogP contribution in [-0.2, 0) is 27.9 Å². The molecule has 0 aliphatic rings. The fourth-order valence-corrected chi connectivity index (χ4v) is 1.13. The van der Waals surface area contributed by atoms with Crippen LogP contribution in [-0.4, -0.2) is 47.7 Å². The van der Waals surface area contributed by atoms with Gasteiger partial charge in [0.2, 0.25) is 0 Å². The Morgan fingerprint density at radius 2 is 2.18 bits per heavy atom. The van der Waals surface area contributed by atoms with Crippen LogP contribution in [0.25, 0.3) is 0 Å². The molecule has 0 aromatic carbocycles. The molecule has 1 heterocycles. The standard InChI is InChI=1S/C10H17N3O4/c1-4-17-10(14)9-11-8(13(2)12-9)7-16-6-5-15-3/h4-7H2,1-3H3. The minimum atomic E-state index is -0.522. The van der Waals surface area contributed by atoms with Gasteiger partial charge in [0.1, 0.15) is 6.61 Å². The topological polar surface area (TPSA) is 75.5 Å². The SMILES string of the molecule is CCOC(=O)c1nc(COCCOC)n(C)n1. The van der Waals surface area contributed by atoms with Crippen molar-refractivity contribution >= 4 is 5.97 Å². The van der Waals surface area contributed by atoms with Gasteiger partial charge in [-0.3, -0.25) is 4.68 Å². The second-order valence-electron chi connectivity index (χ2n) is 3.24. The van der Waals surface area contributed by atoms with Crippen molar-refractivity contribution in [3.63, 3.8) is 0 Å². The summed E-state index contributed by atoms with van der Waals surface area (Å²) in [5.74, 6) is 0.107. The first-order chi connectivity index (χ1) is 8.19. The van der Waals surface area contributed by atoms with E-state index in [2.05, 4.69) is 10.1 Å². The van der Waals surface area contributed by atoms with Crippen LogP contribution < -0.4 is 0 Å². The van der Waals surface area contributed by atoms with E-state index in [0.717, 1.165) is 0 Å². The minimum absolute atomic E-state index is 0.0553. The van der Waals surface area contributed by atoms with E-state index in [9.17, 15) is 4.79 Å². The maximum atomic E-state index is 11.4. The highest BCUT2D eigenvalue weighted by molar-refractivity contribution is 5.84. The van der Waals surface area contributed by atoms with E-state index >= 15 is 0 Å². The number of hydrogen-bond acceptors (Lipinski definition) is 6. The van der Waals surface area contributed by atoms with E-state index in [0.29, 0.717) is 25.6 Å². The highest BCUT2D eigenvalue weighted by atomic mass is 16.5. The summed E-state index contributed by atoms with van der Waals surface area (Å²) < 4.78 is 16.4. The van der Waals surface area contributed by atoms with E-state index in [1.807, 2.05) is 0 Å². The molecule has 0 amide bonds. The zero-order valence-corrected chi connectivity index (χ0v) is 10.3. The van der Waals surface area contributed by atoms with Gasteiger partial charge in [0.15, 0.2) is 5.82 Å². The summed E-state index contributed by atoms with van der Waals surface area (Å²) in [6.45, 7) is 3.30. The number of hydrogen-bond donors (Lipinski definition) is 0. The van der Waals surface area contributed by atoms with Gasteiger partial charge in [0, 0.05) is 14.2 Å². The van der Waals surface area contributed by atoms with Crippen molar-refractivity contribution in [1.29, 1.82) is 0 Å². The Hall–Kier alpha value is -1.47. The molecule has 0 atom stereocenters. The van der Waals surface area contributed by atoms with Crippen LogP contribution in [0.15, 0.2) is 0 Å². The normalized spacial score (nSPS) is 10.5. The first-order valence-electron chi connectivity index (χ1n) is 5.32. The van der Waals surface area contributed by atoms with Crippen molar-refractivity contribution < 1.29 is 19.0 Å². The molecule has 17 heavy (non-hydrogen) atoms. The number of aromatic nitrogens is 3. The number of rotatable bonds is 7. The van der Waals surface area contributed by atoms with Gasteiger partial charge in [-0.25, -0.2) is 9.78 Å². The zero-order chi connectivity index (χ0) is 12.7. The van der Waals surface area contributed by atoms with Crippen molar-refractivity contribution in [3.8, 4) is 0 Å². The molecule has 0 bridgehead atoms. The molecule has 7 nitrogen and oxygen atoms in total. The van der Waals surface area contributed by atoms with Gasteiger partial charge in [-0.05, 0) is 6.92 Å². The number of carbonyl (C=O) groups is 1. The molecular formula is C10H17N3O4. The van der Waals surface area contributed by atoms with E-state index in [1.165, 1.54) is 4.68 Å². The highest BCUT2D eigenvalue weighted by Crippen LogP contribution is 2.00. The maximum Gasteiger partial charge on any atom is 0.378 e. The van der Waals surface area contributed by atoms with Gasteiger partial charge in [-0.1, -0.05) is 0 Å². The van der Waals surface area contributed by atoms with E-state index < -0.39 is 5.97 Å². The molecule has 1 aromatic heterocycles. The molecule has 0 unspecified atom stereocenters. The predicted octanol–water partition coefficient (Wildman–Crippen LogP) is 0.155. The molecule has 0 radical (unpaired) electrons. The summed E-state index contributed by atoms with van der Waals surface area (Å²) in [7, 11) is 3.30. The summed E-state index contributed by atoms with van der Waals surface area (Å²) in [5, 5.41) is 3.95. The van der Waals surface area contributed by atoms with Gasteiger partial charge in [0.05, 0.1) is 19.8 Å². The van der Waals surface area contributed by atoms with E-state index in [1.54, 1.807) is 21.1 Å². The number of methoxy groups -OCH3 is 1. The molecule has 7 heteroatoms. The molecule has 0 spiro atoms.